The van der Waals surface area contributed by atoms with Gasteiger partial charge in [0.1, 0.15) is 5.76 Å². The molecule has 0 aliphatic carbocycles. The Bertz CT molecular complexity index is 466. The highest BCUT2D eigenvalue weighted by molar-refractivity contribution is 8.00. The Morgan fingerprint density at radius 2 is 1.88 bits per heavy atom. The minimum Gasteiger partial charge on any atom is -0.468 e. The van der Waals surface area contributed by atoms with E-state index in [1.807, 2.05) is 31.2 Å². The summed E-state index contributed by atoms with van der Waals surface area (Å²) in [5.74, 6) is 0.960. The Morgan fingerprint density at radius 3 is 2.47 bits per heavy atom. The molecule has 2 aromatic rings. The number of thioether (sulfide) groups is 1. The molecule has 0 spiro atoms. The van der Waals surface area contributed by atoms with Crippen molar-refractivity contribution in [3.05, 3.63) is 54.0 Å². The van der Waals surface area contributed by atoms with E-state index >= 15 is 0 Å². The van der Waals surface area contributed by atoms with E-state index in [9.17, 15) is 0 Å². The summed E-state index contributed by atoms with van der Waals surface area (Å²) in [5.41, 5.74) is 7.43. The van der Waals surface area contributed by atoms with E-state index in [1.54, 1.807) is 18.0 Å². The fraction of sp³-hybridized carbons (Fsp3) is 0.286. The first-order chi connectivity index (χ1) is 8.18. The van der Waals surface area contributed by atoms with E-state index < -0.39 is 0 Å². The van der Waals surface area contributed by atoms with Crippen LogP contribution in [0.15, 0.2) is 52.0 Å². The maximum absolute atomic E-state index is 6.25. The van der Waals surface area contributed by atoms with Crippen LogP contribution in [0.3, 0.4) is 0 Å². The molecule has 0 amide bonds. The van der Waals surface area contributed by atoms with Crippen LogP contribution < -0.4 is 5.73 Å². The molecule has 0 aliphatic heterocycles. The quantitative estimate of drug-likeness (QED) is 0.836. The molecule has 0 aliphatic rings. The maximum Gasteiger partial charge on any atom is 0.114 e. The maximum atomic E-state index is 6.25. The van der Waals surface area contributed by atoms with Crippen LogP contribution in [0.2, 0.25) is 0 Å². The first-order valence-corrected chi connectivity index (χ1v) is 6.57. The zero-order chi connectivity index (χ0) is 12.3. The van der Waals surface area contributed by atoms with Gasteiger partial charge < -0.3 is 10.2 Å². The number of rotatable bonds is 4. The third kappa shape index (κ3) is 2.93. The molecule has 0 bridgehead atoms. The standard InChI is InChI=1S/C14H17NOS/c1-10-13(8-9-16-10)17-11(2)14(15)12-6-4-3-5-7-12/h3-9,11,14H,15H2,1-2H3. The second-order valence-corrected chi connectivity index (χ2v) is 5.52. The molecule has 1 aromatic heterocycles. The number of benzene rings is 1. The van der Waals surface area contributed by atoms with Crippen molar-refractivity contribution in [3.63, 3.8) is 0 Å². The summed E-state index contributed by atoms with van der Waals surface area (Å²) in [4.78, 5) is 1.17. The van der Waals surface area contributed by atoms with Crippen molar-refractivity contribution in [2.24, 2.45) is 5.73 Å². The summed E-state index contributed by atoms with van der Waals surface area (Å²) in [6.07, 6.45) is 1.72. The van der Waals surface area contributed by atoms with E-state index in [4.69, 9.17) is 10.2 Å². The lowest BCUT2D eigenvalue weighted by Crippen LogP contribution is -2.20. The van der Waals surface area contributed by atoms with Crippen LogP contribution in [-0.2, 0) is 0 Å². The Morgan fingerprint density at radius 1 is 1.18 bits per heavy atom. The highest BCUT2D eigenvalue weighted by Gasteiger charge is 2.17. The monoisotopic (exact) mass is 247 g/mol. The van der Waals surface area contributed by atoms with Crippen LogP contribution in [0.4, 0.5) is 0 Å². The molecule has 17 heavy (non-hydrogen) atoms. The van der Waals surface area contributed by atoms with Gasteiger partial charge in [0.05, 0.1) is 6.26 Å². The summed E-state index contributed by atoms with van der Waals surface area (Å²) in [6, 6.07) is 12.2. The molecule has 2 nitrogen and oxygen atoms in total. The van der Waals surface area contributed by atoms with Crippen LogP contribution in [0, 0.1) is 6.92 Å². The summed E-state index contributed by atoms with van der Waals surface area (Å²) < 4.78 is 5.29. The van der Waals surface area contributed by atoms with E-state index in [-0.39, 0.29) is 6.04 Å². The molecule has 0 saturated carbocycles. The third-order valence-corrected chi connectivity index (χ3v) is 4.16. The second kappa shape index (κ2) is 5.43. The molecular formula is C14H17NOS. The van der Waals surface area contributed by atoms with Crippen LogP contribution >= 0.6 is 11.8 Å². The fourth-order valence-electron chi connectivity index (χ4n) is 1.72. The lowest BCUT2D eigenvalue weighted by molar-refractivity contribution is 0.526. The van der Waals surface area contributed by atoms with Gasteiger partial charge in [-0.15, -0.1) is 11.8 Å². The van der Waals surface area contributed by atoms with Gasteiger partial charge >= 0.3 is 0 Å². The Hall–Kier alpha value is -1.19. The number of furan rings is 1. The van der Waals surface area contributed by atoms with Crippen molar-refractivity contribution in [1.29, 1.82) is 0 Å². The van der Waals surface area contributed by atoms with Crippen LogP contribution in [-0.4, -0.2) is 5.25 Å². The van der Waals surface area contributed by atoms with Crippen molar-refractivity contribution < 1.29 is 4.42 Å². The van der Waals surface area contributed by atoms with E-state index in [0.29, 0.717) is 5.25 Å². The summed E-state index contributed by atoms with van der Waals surface area (Å²) in [7, 11) is 0. The van der Waals surface area contributed by atoms with Gasteiger partial charge in [-0.2, -0.15) is 0 Å². The summed E-state index contributed by atoms with van der Waals surface area (Å²) in [5, 5.41) is 0.314. The number of aryl methyl sites for hydroxylation is 1. The first-order valence-electron chi connectivity index (χ1n) is 5.70. The largest absolute Gasteiger partial charge is 0.468 e. The molecule has 90 valence electrons. The van der Waals surface area contributed by atoms with E-state index in [2.05, 4.69) is 19.1 Å². The zero-order valence-corrected chi connectivity index (χ0v) is 10.9. The van der Waals surface area contributed by atoms with Crippen LogP contribution in [0.5, 0.6) is 0 Å². The average Bonchev–Trinajstić information content (AvgIpc) is 2.75. The molecular weight excluding hydrogens is 230 g/mol. The first kappa shape index (κ1) is 12.3. The van der Waals surface area contributed by atoms with Crippen LogP contribution in [0.1, 0.15) is 24.3 Å². The lowest BCUT2D eigenvalue weighted by Gasteiger charge is -2.19. The van der Waals surface area contributed by atoms with Crippen molar-refractivity contribution in [3.8, 4) is 0 Å². The Balaban J connectivity index is 2.06. The molecule has 0 fully saturated rings. The molecule has 2 atom stereocenters. The van der Waals surface area contributed by atoms with Gasteiger partial charge in [0.15, 0.2) is 0 Å². The second-order valence-electron chi connectivity index (χ2n) is 4.10. The highest BCUT2D eigenvalue weighted by Crippen LogP contribution is 2.32. The van der Waals surface area contributed by atoms with E-state index in [0.717, 1.165) is 5.76 Å². The topological polar surface area (TPSA) is 39.2 Å². The van der Waals surface area contributed by atoms with Gasteiger partial charge in [0.2, 0.25) is 0 Å². The molecule has 1 heterocycles. The predicted molar refractivity (Wildman–Crippen MR) is 72.1 cm³/mol. The molecule has 2 rings (SSSR count). The third-order valence-electron chi connectivity index (χ3n) is 2.81. The number of hydrogen-bond donors (Lipinski definition) is 1. The van der Waals surface area contributed by atoms with Gasteiger partial charge in [0, 0.05) is 16.2 Å². The number of nitrogens with two attached hydrogens (primary N) is 1. The minimum atomic E-state index is 0.0375. The van der Waals surface area contributed by atoms with Gasteiger partial charge in [-0.3, -0.25) is 0 Å². The molecule has 3 heteroatoms. The Labute approximate surface area is 106 Å². The highest BCUT2D eigenvalue weighted by atomic mass is 32.2. The summed E-state index contributed by atoms with van der Waals surface area (Å²) in [6.45, 7) is 4.12. The molecule has 1 aromatic carbocycles. The van der Waals surface area contributed by atoms with Gasteiger partial charge in [-0.25, -0.2) is 0 Å². The van der Waals surface area contributed by atoms with E-state index in [1.165, 1.54) is 10.5 Å². The van der Waals surface area contributed by atoms with Crippen molar-refractivity contribution in [2.45, 2.75) is 30.0 Å². The molecule has 2 N–H and O–H groups in total. The lowest BCUT2D eigenvalue weighted by atomic mass is 10.1. The van der Waals surface area contributed by atoms with Crippen molar-refractivity contribution >= 4 is 11.8 Å². The Kier molecular flexibility index (Phi) is 3.92. The summed E-state index contributed by atoms with van der Waals surface area (Å²) >= 11 is 1.76. The van der Waals surface area contributed by atoms with Crippen molar-refractivity contribution in [2.75, 3.05) is 0 Å². The zero-order valence-electron chi connectivity index (χ0n) is 10.1. The average molecular weight is 247 g/mol. The van der Waals surface area contributed by atoms with Gasteiger partial charge in [0.25, 0.3) is 0 Å². The van der Waals surface area contributed by atoms with Crippen LogP contribution in [0.25, 0.3) is 0 Å². The minimum absolute atomic E-state index is 0.0375. The van der Waals surface area contributed by atoms with Crippen molar-refractivity contribution in [1.82, 2.24) is 0 Å². The molecule has 0 radical (unpaired) electrons. The number of hydrogen-bond acceptors (Lipinski definition) is 3. The SMILES string of the molecule is Cc1occc1SC(C)C(N)c1ccccc1. The fourth-order valence-corrected chi connectivity index (χ4v) is 2.77. The molecule has 2 unspecified atom stereocenters. The van der Waals surface area contributed by atoms with Gasteiger partial charge in [-0.05, 0) is 18.6 Å². The smallest absolute Gasteiger partial charge is 0.114 e. The molecule has 0 saturated heterocycles. The normalized spacial score (nSPS) is 14.5. The predicted octanol–water partition coefficient (Wildman–Crippen LogP) is 3.77. The van der Waals surface area contributed by atoms with Gasteiger partial charge in [-0.1, -0.05) is 37.3 Å².